The number of benzene rings is 2. The van der Waals surface area contributed by atoms with Crippen LogP contribution >= 0.6 is 0 Å². The standard InChI is InChI=1S/C22H24N2O3S/c25-21(23-18-8-7-17-9-12-28(26,27)20(17)13-18)24-14-19(16-5-2-1-3-6-16)22(15-24)10-4-11-22/h1-3,5-8,13,19H,4,9-12,14-15H2,(H,23,25)/t19-/m1/s1. The van der Waals surface area contributed by atoms with Crippen LogP contribution in [0.2, 0.25) is 0 Å². The second-order valence-corrected chi connectivity index (χ2v) is 10.5. The van der Waals surface area contributed by atoms with Gasteiger partial charge in [-0.2, -0.15) is 0 Å². The van der Waals surface area contributed by atoms with Crippen molar-refractivity contribution in [2.45, 2.75) is 36.5 Å². The number of nitrogens with zero attached hydrogens (tertiary/aromatic N) is 1. The Balaban J connectivity index is 1.36. The number of urea groups is 1. The number of fused-ring (bicyclic) bond motifs is 1. The Bertz CT molecular complexity index is 1030. The molecule has 1 aliphatic carbocycles. The van der Waals surface area contributed by atoms with Gasteiger partial charge in [0.05, 0.1) is 10.6 Å². The summed E-state index contributed by atoms with van der Waals surface area (Å²) in [6.07, 6.45) is 4.10. The summed E-state index contributed by atoms with van der Waals surface area (Å²) in [4.78, 5) is 15.2. The minimum Gasteiger partial charge on any atom is -0.323 e. The molecule has 2 aliphatic heterocycles. The fourth-order valence-corrected chi connectivity index (χ4v) is 6.68. The quantitative estimate of drug-likeness (QED) is 0.839. The highest BCUT2D eigenvalue weighted by atomic mass is 32.2. The number of likely N-dealkylation sites (tertiary alicyclic amines) is 1. The molecule has 3 aliphatic rings. The lowest BCUT2D eigenvalue weighted by atomic mass is 9.61. The van der Waals surface area contributed by atoms with Crippen molar-refractivity contribution in [3.8, 4) is 0 Å². The number of hydrogen-bond acceptors (Lipinski definition) is 3. The molecule has 2 amide bonds. The van der Waals surface area contributed by atoms with Crippen LogP contribution in [0, 0.1) is 5.41 Å². The molecule has 0 aromatic heterocycles. The molecular weight excluding hydrogens is 372 g/mol. The first-order chi connectivity index (χ1) is 13.5. The lowest BCUT2D eigenvalue weighted by Gasteiger charge is -2.43. The molecule has 1 saturated carbocycles. The second kappa shape index (κ2) is 6.34. The van der Waals surface area contributed by atoms with Gasteiger partial charge >= 0.3 is 6.03 Å². The molecule has 0 unspecified atom stereocenters. The molecule has 1 atom stereocenters. The smallest absolute Gasteiger partial charge is 0.321 e. The summed E-state index contributed by atoms with van der Waals surface area (Å²) >= 11 is 0. The fourth-order valence-electron chi connectivity index (χ4n) is 5.09. The normalized spacial score (nSPS) is 24.0. The van der Waals surface area contributed by atoms with E-state index in [9.17, 15) is 13.2 Å². The van der Waals surface area contributed by atoms with Crippen LogP contribution < -0.4 is 5.32 Å². The molecule has 0 radical (unpaired) electrons. The third-order valence-electron chi connectivity index (χ3n) is 6.78. The molecule has 146 valence electrons. The van der Waals surface area contributed by atoms with Crippen LogP contribution in [0.5, 0.6) is 0 Å². The van der Waals surface area contributed by atoms with Crippen molar-refractivity contribution in [2.75, 3.05) is 24.2 Å². The number of anilines is 1. The predicted octanol–water partition coefficient (Wildman–Crippen LogP) is 3.82. The number of hydrogen-bond donors (Lipinski definition) is 1. The van der Waals surface area contributed by atoms with Gasteiger partial charge in [-0.15, -0.1) is 0 Å². The van der Waals surface area contributed by atoms with E-state index >= 15 is 0 Å². The topological polar surface area (TPSA) is 66.5 Å². The first-order valence-electron chi connectivity index (χ1n) is 9.93. The SMILES string of the molecule is O=C(Nc1ccc2c(c1)S(=O)(=O)CC2)N1C[C@H](c2ccccc2)C2(CCC2)C1. The Hall–Kier alpha value is -2.34. The molecule has 2 fully saturated rings. The summed E-state index contributed by atoms with van der Waals surface area (Å²) < 4.78 is 24.3. The Kier molecular flexibility index (Phi) is 4.02. The maximum Gasteiger partial charge on any atom is 0.321 e. The Labute approximate surface area is 165 Å². The molecule has 1 saturated heterocycles. The van der Waals surface area contributed by atoms with Crippen molar-refractivity contribution in [1.82, 2.24) is 4.90 Å². The summed E-state index contributed by atoms with van der Waals surface area (Å²) in [5.74, 6) is 0.529. The number of amides is 2. The van der Waals surface area contributed by atoms with E-state index in [1.165, 1.54) is 12.0 Å². The molecule has 5 nitrogen and oxygen atoms in total. The lowest BCUT2D eigenvalue weighted by Crippen LogP contribution is -2.39. The Morgan fingerprint density at radius 3 is 2.61 bits per heavy atom. The maximum absolute atomic E-state index is 12.9. The van der Waals surface area contributed by atoms with Gasteiger partial charge in [-0.1, -0.05) is 42.8 Å². The van der Waals surface area contributed by atoms with Crippen LogP contribution in [0.25, 0.3) is 0 Å². The number of carbonyl (C=O) groups excluding carboxylic acids is 1. The molecule has 28 heavy (non-hydrogen) atoms. The van der Waals surface area contributed by atoms with Gasteiger partial charge < -0.3 is 10.2 Å². The molecular formula is C22H24N2O3S. The van der Waals surface area contributed by atoms with Gasteiger partial charge in [-0.25, -0.2) is 13.2 Å². The van der Waals surface area contributed by atoms with Gasteiger partial charge in [0.2, 0.25) is 0 Å². The van der Waals surface area contributed by atoms with Crippen molar-refractivity contribution >= 4 is 21.6 Å². The molecule has 1 spiro atoms. The largest absolute Gasteiger partial charge is 0.323 e. The van der Waals surface area contributed by atoms with Gasteiger partial charge in [0.25, 0.3) is 0 Å². The zero-order chi connectivity index (χ0) is 19.4. The number of aryl methyl sites for hydroxylation is 1. The minimum absolute atomic E-state index is 0.139. The van der Waals surface area contributed by atoms with Crippen LogP contribution in [-0.2, 0) is 16.3 Å². The van der Waals surface area contributed by atoms with E-state index in [0.29, 0.717) is 29.5 Å². The second-order valence-electron chi connectivity index (χ2n) is 8.38. The molecule has 2 aromatic carbocycles. The van der Waals surface area contributed by atoms with E-state index < -0.39 is 9.84 Å². The first-order valence-corrected chi connectivity index (χ1v) is 11.6. The fraction of sp³-hybridized carbons (Fsp3) is 0.409. The van der Waals surface area contributed by atoms with Crippen LogP contribution in [0.15, 0.2) is 53.4 Å². The van der Waals surface area contributed by atoms with Crippen molar-refractivity contribution in [1.29, 1.82) is 0 Å². The zero-order valence-electron chi connectivity index (χ0n) is 15.7. The molecule has 2 aromatic rings. The van der Waals surface area contributed by atoms with E-state index in [2.05, 4.69) is 29.6 Å². The molecule has 6 heteroatoms. The van der Waals surface area contributed by atoms with E-state index in [1.807, 2.05) is 17.0 Å². The Morgan fingerprint density at radius 2 is 1.89 bits per heavy atom. The average Bonchev–Trinajstić information content (AvgIpc) is 3.22. The number of nitrogens with one attached hydrogen (secondary N) is 1. The lowest BCUT2D eigenvalue weighted by molar-refractivity contribution is 0.125. The highest BCUT2D eigenvalue weighted by molar-refractivity contribution is 7.91. The van der Waals surface area contributed by atoms with Crippen molar-refractivity contribution < 1.29 is 13.2 Å². The van der Waals surface area contributed by atoms with Crippen molar-refractivity contribution in [3.05, 3.63) is 59.7 Å². The van der Waals surface area contributed by atoms with Crippen molar-refractivity contribution in [3.63, 3.8) is 0 Å². The highest BCUT2D eigenvalue weighted by Gasteiger charge is 2.51. The molecule has 1 N–H and O–H groups in total. The van der Waals surface area contributed by atoms with E-state index in [4.69, 9.17) is 0 Å². The van der Waals surface area contributed by atoms with Crippen LogP contribution in [0.4, 0.5) is 10.5 Å². The first kappa shape index (κ1) is 17.7. The summed E-state index contributed by atoms with van der Waals surface area (Å²) in [6, 6.07) is 15.6. The maximum atomic E-state index is 12.9. The molecule has 0 bridgehead atoms. The third kappa shape index (κ3) is 2.82. The summed E-state index contributed by atoms with van der Waals surface area (Å²) in [5, 5.41) is 2.93. The van der Waals surface area contributed by atoms with Crippen LogP contribution in [-0.4, -0.2) is 38.2 Å². The van der Waals surface area contributed by atoms with E-state index in [0.717, 1.165) is 24.9 Å². The summed E-state index contributed by atoms with van der Waals surface area (Å²) in [6.45, 7) is 1.47. The zero-order valence-corrected chi connectivity index (χ0v) is 16.5. The summed E-state index contributed by atoms with van der Waals surface area (Å²) in [7, 11) is -3.21. The van der Waals surface area contributed by atoms with Crippen LogP contribution in [0.1, 0.15) is 36.3 Å². The van der Waals surface area contributed by atoms with Crippen molar-refractivity contribution in [2.24, 2.45) is 5.41 Å². The van der Waals surface area contributed by atoms with E-state index in [-0.39, 0.29) is 17.2 Å². The molecule has 5 rings (SSSR count). The monoisotopic (exact) mass is 396 g/mol. The van der Waals surface area contributed by atoms with Gasteiger partial charge in [-0.3, -0.25) is 0 Å². The number of carbonyl (C=O) groups is 1. The number of sulfone groups is 1. The van der Waals surface area contributed by atoms with Crippen LogP contribution in [0.3, 0.4) is 0 Å². The van der Waals surface area contributed by atoms with Gasteiger partial charge in [-0.05, 0) is 47.9 Å². The third-order valence-corrected chi connectivity index (χ3v) is 8.57. The average molecular weight is 397 g/mol. The predicted molar refractivity (Wildman–Crippen MR) is 108 cm³/mol. The Morgan fingerprint density at radius 1 is 1.11 bits per heavy atom. The highest BCUT2D eigenvalue weighted by Crippen LogP contribution is 2.55. The van der Waals surface area contributed by atoms with Gasteiger partial charge in [0.15, 0.2) is 9.84 Å². The van der Waals surface area contributed by atoms with Gasteiger partial charge in [0.1, 0.15) is 0 Å². The molecule has 2 heterocycles. The summed E-state index contributed by atoms with van der Waals surface area (Å²) in [5.41, 5.74) is 2.90. The van der Waals surface area contributed by atoms with Gasteiger partial charge in [0, 0.05) is 24.7 Å². The minimum atomic E-state index is -3.21. The number of rotatable bonds is 2. The van der Waals surface area contributed by atoms with E-state index in [1.54, 1.807) is 12.1 Å².